The van der Waals surface area contributed by atoms with E-state index in [-0.39, 0.29) is 0 Å². The molecule has 0 fully saturated rings. The van der Waals surface area contributed by atoms with Gasteiger partial charge in [0.25, 0.3) is 0 Å². The highest BCUT2D eigenvalue weighted by Crippen LogP contribution is 2.13. The Balaban J connectivity index is 1.97. The second-order valence-electron chi connectivity index (χ2n) is 3.51. The fourth-order valence-corrected chi connectivity index (χ4v) is 1.48. The van der Waals surface area contributed by atoms with Crippen molar-refractivity contribution in [2.24, 2.45) is 0 Å². The first-order valence-electron chi connectivity index (χ1n) is 5.61. The summed E-state index contributed by atoms with van der Waals surface area (Å²) >= 11 is 0. The molecule has 0 radical (unpaired) electrons. The Hall–Kier alpha value is -2.10. The van der Waals surface area contributed by atoms with E-state index < -0.39 is 0 Å². The second kappa shape index (κ2) is 5.84. The summed E-state index contributed by atoms with van der Waals surface area (Å²) in [5, 5.41) is 3.15. The lowest BCUT2D eigenvalue weighted by Crippen LogP contribution is -2.03. The minimum Gasteiger partial charge on any atom is -0.494 e. The van der Waals surface area contributed by atoms with Gasteiger partial charge in [0.15, 0.2) is 0 Å². The third kappa shape index (κ3) is 3.45. The number of rotatable bonds is 5. The Morgan fingerprint density at radius 1 is 1.18 bits per heavy atom. The van der Waals surface area contributed by atoms with Gasteiger partial charge in [-0.25, -0.2) is 9.97 Å². The Kier molecular flexibility index (Phi) is 3.91. The predicted octanol–water partition coefficient (Wildman–Crippen LogP) is 2.49. The highest BCUT2D eigenvalue weighted by atomic mass is 16.5. The molecule has 4 heteroatoms. The molecule has 0 saturated carbocycles. The van der Waals surface area contributed by atoms with E-state index in [4.69, 9.17) is 4.74 Å². The average molecular weight is 229 g/mol. The van der Waals surface area contributed by atoms with Crippen LogP contribution in [0, 0.1) is 0 Å². The van der Waals surface area contributed by atoms with Crippen molar-refractivity contribution in [3.63, 3.8) is 0 Å². The molecule has 1 heterocycles. The Morgan fingerprint density at radius 3 is 2.76 bits per heavy atom. The Morgan fingerprint density at radius 2 is 2.00 bits per heavy atom. The summed E-state index contributed by atoms with van der Waals surface area (Å²) in [5.41, 5.74) is 1.14. The van der Waals surface area contributed by atoms with Crippen molar-refractivity contribution >= 4 is 5.95 Å². The van der Waals surface area contributed by atoms with E-state index in [0.29, 0.717) is 19.1 Å². The van der Waals surface area contributed by atoms with E-state index in [1.807, 2.05) is 31.2 Å². The van der Waals surface area contributed by atoms with Crippen LogP contribution in [-0.4, -0.2) is 16.6 Å². The lowest BCUT2D eigenvalue weighted by Gasteiger charge is -2.07. The predicted molar refractivity (Wildman–Crippen MR) is 67.0 cm³/mol. The van der Waals surface area contributed by atoms with Crippen LogP contribution in [0.25, 0.3) is 0 Å². The van der Waals surface area contributed by atoms with Gasteiger partial charge in [-0.3, -0.25) is 0 Å². The molecule has 2 aromatic rings. The molecule has 0 aliphatic carbocycles. The van der Waals surface area contributed by atoms with Crippen molar-refractivity contribution in [2.75, 3.05) is 11.9 Å². The van der Waals surface area contributed by atoms with Gasteiger partial charge in [0, 0.05) is 18.9 Å². The Bertz CT molecular complexity index is 459. The SMILES string of the molecule is CCOc1cccc(CNc2ncccn2)c1. The summed E-state index contributed by atoms with van der Waals surface area (Å²) < 4.78 is 5.44. The summed E-state index contributed by atoms with van der Waals surface area (Å²) in [5.74, 6) is 1.52. The minimum absolute atomic E-state index is 0.634. The van der Waals surface area contributed by atoms with Gasteiger partial charge >= 0.3 is 0 Å². The summed E-state index contributed by atoms with van der Waals surface area (Å²) in [6.45, 7) is 3.34. The van der Waals surface area contributed by atoms with Crippen LogP contribution in [0.4, 0.5) is 5.95 Å². The Labute approximate surface area is 101 Å². The zero-order valence-electron chi connectivity index (χ0n) is 9.76. The van der Waals surface area contributed by atoms with E-state index >= 15 is 0 Å². The van der Waals surface area contributed by atoms with Gasteiger partial charge in [-0.2, -0.15) is 0 Å². The van der Waals surface area contributed by atoms with Crippen LogP contribution in [-0.2, 0) is 6.54 Å². The fourth-order valence-electron chi connectivity index (χ4n) is 1.48. The van der Waals surface area contributed by atoms with Crippen LogP contribution in [0.5, 0.6) is 5.75 Å². The largest absolute Gasteiger partial charge is 0.494 e. The van der Waals surface area contributed by atoms with E-state index in [2.05, 4.69) is 15.3 Å². The molecule has 0 saturated heterocycles. The normalized spacial score (nSPS) is 9.94. The number of anilines is 1. The summed E-state index contributed by atoms with van der Waals surface area (Å²) in [6.07, 6.45) is 3.43. The van der Waals surface area contributed by atoms with Crippen LogP contribution in [0.3, 0.4) is 0 Å². The molecular formula is C13H15N3O. The van der Waals surface area contributed by atoms with Crippen LogP contribution >= 0.6 is 0 Å². The van der Waals surface area contributed by atoms with E-state index in [1.165, 1.54) is 0 Å². The molecule has 2 rings (SSSR count). The van der Waals surface area contributed by atoms with Gasteiger partial charge in [-0.05, 0) is 30.7 Å². The molecule has 88 valence electrons. The molecule has 0 amide bonds. The molecular weight excluding hydrogens is 214 g/mol. The van der Waals surface area contributed by atoms with Gasteiger partial charge in [-0.15, -0.1) is 0 Å². The van der Waals surface area contributed by atoms with Crippen molar-refractivity contribution < 1.29 is 4.74 Å². The quantitative estimate of drug-likeness (QED) is 0.855. The van der Waals surface area contributed by atoms with Crippen molar-refractivity contribution in [3.8, 4) is 5.75 Å². The second-order valence-corrected chi connectivity index (χ2v) is 3.51. The number of ether oxygens (including phenoxy) is 1. The molecule has 0 atom stereocenters. The zero-order chi connectivity index (χ0) is 11.9. The molecule has 17 heavy (non-hydrogen) atoms. The van der Waals surface area contributed by atoms with E-state index in [1.54, 1.807) is 18.5 Å². The van der Waals surface area contributed by atoms with Crippen molar-refractivity contribution in [1.82, 2.24) is 9.97 Å². The molecule has 1 N–H and O–H groups in total. The minimum atomic E-state index is 0.634. The van der Waals surface area contributed by atoms with Gasteiger partial charge in [0.2, 0.25) is 5.95 Å². The molecule has 1 aromatic heterocycles. The lowest BCUT2D eigenvalue weighted by atomic mass is 10.2. The first-order valence-corrected chi connectivity index (χ1v) is 5.61. The summed E-state index contributed by atoms with van der Waals surface area (Å²) in [7, 11) is 0. The number of hydrogen-bond acceptors (Lipinski definition) is 4. The van der Waals surface area contributed by atoms with E-state index in [0.717, 1.165) is 11.3 Å². The number of benzene rings is 1. The number of nitrogens with one attached hydrogen (secondary N) is 1. The highest BCUT2D eigenvalue weighted by Gasteiger charge is 1.97. The monoisotopic (exact) mass is 229 g/mol. The maximum atomic E-state index is 5.44. The van der Waals surface area contributed by atoms with E-state index in [9.17, 15) is 0 Å². The molecule has 0 aliphatic heterocycles. The van der Waals surface area contributed by atoms with Crippen LogP contribution in [0.15, 0.2) is 42.7 Å². The first kappa shape index (κ1) is 11.4. The van der Waals surface area contributed by atoms with Crippen LogP contribution in [0.2, 0.25) is 0 Å². The van der Waals surface area contributed by atoms with Crippen LogP contribution < -0.4 is 10.1 Å². The number of aromatic nitrogens is 2. The number of hydrogen-bond donors (Lipinski definition) is 1. The topological polar surface area (TPSA) is 47.0 Å². The fraction of sp³-hybridized carbons (Fsp3) is 0.231. The first-order chi connectivity index (χ1) is 8.38. The molecule has 1 aromatic carbocycles. The van der Waals surface area contributed by atoms with Gasteiger partial charge in [0.1, 0.15) is 5.75 Å². The molecule has 0 spiro atoms. The van der Waals surface area contributed by atoms with Gasteiger partial charge < -0.3 is 10.1 Å². The van der Waals surface area contributed by atoms with Crippen molar-refractivity contribution in [3.05, 3.63) is 48.3 Å². The van der Waals surface area contributed by atoms with Crippen molar-refractivity contribution in [2.45, 2.75) is 13.5 Å². The number of nitrogens with zero attached hydrogens (tertiary/aromatic N) is 2. The molecule has 0 bridgehead atoms. The smallest absolute Gasteiger partial charge is 0.222 e. The standard InChI is InChI=1S/C13H15N3O/c1-2-17-12-6-3-5-11(9-12)10-16-13-14-7-4-8-15-13/h3-9H,2,10H2,1H3,(H,14,15,16). The summed E-state index contributed by atoms with van der Waals surface area (Å²) in [4.78, 5) is 8.20. The third-order valence-corrected chi connectivity index (χ3v) is 2.23. The van der Waals surface area contributed by atoms with Gasteiger partial charge in [-0.1, -0.05) is 12.1 Å². The summed E-state index contributed by atoms with van der Waals surface area (Å²) in [6, 6.07) is 9.78. The zero-order valence-corrected chi connectivity index (χ0v) is 9.76. The molecule has 0 unspecified atom stereocenters. The maximum Gasteiger partial charge on any atom is 0.222 e. The van der Waals surface area contributed by atoms with Crippen LogP contribution in [0.1, 0.15) is 12.5 Å². The third-order valence-electron chi connectivity index (χ3n) is 2.23. The maximum absolute atomic E-state index is 5.44. The highest BCUT2D eigenvalue weighted by molar-refractivity contribution is 5.32. The lowest BCUT2D eigenvalue weighted by molar-refractivity contribution is 0.340. The average Bonchev–Trinajstić information content (AvgIpc) is 2.39. The van der Waals surface area contributed by atoms with Crippen molar-refractivity contribution in [1.29, 1.82) is 0 Å². The van der Waals surface area contributed by atoms with Gasteiger partial charge in [0.05, 0.1) is 6.61 Å². The molecule has 0 aliphatic rings. The molecule has 4 nitrogen and oxygen atoms in total.